The van der Waals surface area contributed by atoms with Crippen LogP contribution < -0.4 is 15.6 Å². The van der Waals surface area contributed by atoms with Crippen molar-refractivity contribution in [2.45, 2.75) is 0 Å². The second kappa shape index (κ2) is 6.72. The van der Waals surface area contributed by atoms with E-state index >= 15 is 0 Å². The Labute approximate surface area is 150 Å². The van der Waals surface area contributed by atoms with Crippen LogP contribution in [0, 0.1) is 0 Å². The molecule has 0 fully saturated rings. The summed E-state index contributed by atoms with van der Waals surface area (Å²) in [6.45, 7) is 0. The van der Waals surface area contributed by atoms with Gasteiger partial charge in [-0.1, -0.05) is 36.4 Å². The summed E-state index contributed by atoms with van der Waals surface area (Å²) in [7, 11) is 1.63. The van der Waals surface area contributed by atoms with Crippen molar-refractivity contribution in [2.24, 2.45) is 0 Å². The number of pyridine rings is 2. The summed E-state index contributed by atoms with van der Waals surface area (Å²) in [5, 5.41) is 4.56. The number of fused-ring (bicyclic) bond motifs is 1. The van der Waals surface area contributed by atoms with E-state index in [4.69, 9.17) is 4.74 Å². The number of aromatic nitrogens is 2. The Kier molecular flexibility index (Phi) is 4.11. The molecule has 2 aromatic carbocycles. The molecule has 0 unspecified atom stereocenters. The maximum Gasteiger partial charge on any atom is 0.259 e. The molecular weight excluding hydrogens is 326 g/mol. The molecule has 26 heavy (non-hydrogen) atoms. The number of ether oxygens (including phenoxy) is 1. The summed E-state index contributed by atoms with van der Waals surface area (Å²) < 4.78 is 5.48. The standard InChI is InChI=1S/C21H17N3O2/c1-26-18-10-6-5-9-15(18)17-13-23-20(24-14-7-3-2-4-8-14)19-16(17)11-12-22-21(19)25/h2-13H,1H3,(H,22,25)(H,23,24). The van der Waals surface area contributed by atoms with Crippen LogP contribution in [-0.2, 0) is 0 Å². The summed E-state index contributed by atoms with van der Waals surface area (Å²) >= 11 is 0. The van der Waals surface area contributed by atoms with Crippen molar-refractivity contribution in [3.05, 3.63) is 83.4 Å². The van der Waals surface area contributed by atoms with Gasteiger partial charge >= 0.3 is 0 Å². The predicted molar refractivity (Wildman–Crippen MR) is 104 cm³/mol. The van der Waals surface area contributed by atoms with E-state index in [1.54, 1.807) is 19.5 Å². The number of H-pyrrole nitrogens is 1. The average Bonchev–Trinajstić information content (AvgIpc) is 2.69. The minimum Gasteiger partial charge on any atom is -0.496 e. The first-order valence-electron chi connectivity index (χ1n) is 8.24. The molecule has 0 aliphatic carbocycles. The Hall–Kier alpha value is -3.60. The van der Waals surface area contributed by atoms with E-state index in [0.29, 0.717) is 11.2 Å². The lowest BCUT2D eigenvalue weighted by molar-refractivity contribution is 0.416. The van der Waals surface area contributed by atoms with Gasteiger partial charge < -0.3 is 15.0 Å². The summed E-state index contributed by atoms with van der Waals surface area (Å²) in [6.07, 6.45) is 3.42. The fourth-order valence-electron chi connectivity index (χ4n) is 3.04. The van der Waals surface area contributed by atoms with Gasteiger partial charge in [0.1, 0.15) is 11.6 Å². The normalized spacial score (nSPS) is 10.7. The molecule has 0 atom stereocenters. The fourth-order valence-corrected chi connectivity index (χ4v) is 3.04. The highest BCUT2D eigenvalue weighted by Crippen LogP contribution is 2.35. The number of benzene rings is 2. The van der Waals surface area contributed by atoms with Crippen LogP contribution in [-0.4, -0.2) is 17.1 Å². The molecule has 2 heterocycles. The number of anilines is 2. The zero-order valence-corrected chi connectivity index (χ0v) is 14.2. The third kappa shape index (κ3) is 2.80. The number of nitrogens with zero attached hydrogens (tertiary/aromatic N) is 1. The molecule has 0 saturated heterocycles. The highest BCUT2D eigenvalue weighted by molar-refractivity contribution is 6.02. The van der Waals surface area contributed by atoms with Crippen molar-refractivity contribution in [1.82, 2.24) is 9.97 Å². The van der Waals surface area contributed by atoms with Crippen molar-refractivity contribution < 1.29 is 4.74 Å². The Bertz CT molecular complexity index is 1120. The first-order valence-corrected chi connectivity index (χ1v) is 8.24. The monoisotopic (exact) mass is 343 g/mol. The van der Waals surface area contributed by atoms with Crippen LogP contribution >= 0.6 is 0 Å². The Morgan fingerprint density at radius 2 is 1.73 bits per heavy atom. The van der Waals surface area contributed by atoms with Gasteiger partial charge in [-0.25, -0.2) is 4.98 Å². The van der Waals surface area contributed by atoms with Crippen molar-refractivity contribution in [3.8, 4) is 16.9 Å². The fraction of sp³-hybridized carbons (Fsp3) is 0.0476. The maximum atomic E-state index is 12.6. The third-order valence-electron chi connectivity index (χ3n) is 4.24. The van der Waals surface area contributed by atoms with E-state index in [0.717, 1.165) is 28.0 Å². The molecular formula is C21H17N3O2. The van der Waals surface area contributed by atoms with E-state index in [9.17, 15) is 4.79 Å². The maximum absolute atomic E-state index is 12.6. The molecule has 4 aromatic rings. The van der Waals surface area contributed by atoms with Crippen LogP contribution in [0.2, 0.25) is 0 Å². The number of para-hydroxylation sites is 2. The molecule has 0 aliphatic heterocycles. The molecule has 2 aromatic heterocycles. The highest BCUT2D eigenvalue weighted by Gasteiger charge is 2.14. The topological polar surface area (TPSA) is 67.0 Å². The lowest BCUT2D eigenvalue weighted by atomic mass is 10.0. The van der Waals surface area contributed by atoms with E-state index in [2.05, 4.69) is 15.3 Å². The lowest BCUT2D eigenvalue weighted by Gasteiger charge is -2.13. The molecule has 0 radical (unpaired) electrons. The molecule has 0 bridgehead atoms. The van der Waals surface area contributed by atoms with Gasteiger partial charge in [0, 0.05) is 34.6 Å². The molecule has 5 heteroatoms. The van der Waals surface area contributed by atoms with Crippen molar-refractivity contribution in [2.75, 3.05) is 12.4 Å². The first-order chi connectivity index (χ1) is 12.8. The molecule has 0 saturated carbocycles. The molecule has 0 spiro atoms. The number of nitrogens with one attached hydrogen (secondary N) is 2. The van der Waals surface area contributed by atoms with Crippen molar-refractivity contribution >= 4 is 22.3 Å². The zero-order chi connectivity index (χ0) is 17.9. The van der Waals surface area contributed by atoms with E-state index in [1.165, 1.54) is 0 Å². The Morgan fingerprint density at radius 1 is 0.962 bits per heavy atom. The van der Waals surface area contributed by atoms with Gasteiger partial charge in [0.2, 0.25) is 0 Å². The summed E-state index contributed by atoms with van der Waals surface area (Å²) in [6, 6.07) is 19.2. The molecule has 4 rings (SSSR count). The number of rotatable bonds is 4. The number of hydrogen-bond donors (Lipinski definition) is 2. The average molecular weight is 343 g/mol. The zero-order valence-electron chi connectivity index (χ0n) is 14.2. The van der Waals surface area contributed by atoms with Crippen LogP contribution in [0.4, 0.5) is 11.5 Å². The number of methoxy groups -OCH3 is 1. The minimum atomic E-state index is -0.190. The Morgan fingerprint density at radius 3 is 2.54 bits per heavy atom. The highest BCUT2D eigenvalue weighted by atomic mass is 16.5. The molecule has 0 amide bonds. The molecule has 2 N–H and O–H groups in total. The number of hydrogen-bond acceptors (Lipinski definition) is 4. The number of aromatic amines is 1. The largest absolute Gasteiger partial charge is 0.496 e. The van der Waals surface area contributed by atoms with E-state index in [-0.39, 0.29) is 5.56 Å². The third-order valence-corrected chi connectivity index (χ3v) is 4.24. The summed E-state index contributed by atoms with van der Waals surface area (Å²) in [5.41, 5.74) is 2.42. The van der Waals surface area contributed by atoms with E-state index in [1.807, 2.05) is 60.7 Å². The van der Waals surface area contributed by atoms with E-state index < -0.39 is 0 Å². The van der Waals surface area contributed by atoms with Crippen LogP contribution in [0.3, 0.4) is 0 Å². The van der Waals surface area contributed by atoms with Gasteiger partial charge in [0.05, 0.1) is 12.5 Å². The van der Waals surface area contributed by atoms with Crippen molar-refractivity contribution in [1.29, 1.82) is 0 Å². The van der Waals surface area contributed by atoms with Gasteiger partial charge in [-0.05, 0) is 24.3 Å². The van der Waals surface area contributed by atoms with Crippen molar-refractivity contribution in [3.63, 3.8) is 0 Å². The van der Waals surface area contributed by atoms with Crippen LogP contribution in [0.25, 0.3) is 21.9 Å². The Balaban J connectivity index is 1.94. The van der Waals surface area contributed by atoms with Gasteiger partial charge in [-0.3, -0.25) is 4.79 Å². The second-order valence-electron chi connectivity index (χ2n) is 5.81. The van der Waals surface area contributed by atoms with Crippen LogP contribution in [0.5, 0.6) is 5.75 Å². The summed E-state index contributed by atoms with van der Waals surface area (Å²) in [4.78, 5) is 19.8. The molecule has 128 valence electrons. The van der Waals surface area contributed by atoms with Crippen LogP contribution in [0.15, 0.2) is 77.9 Å². The lowest BCUT2D eigenvalue weighted by Crippen LogP contribution is -2.09. The quantitative estimate of drug-likeness (QED) is 0.578. The SMILES string of the molecule is COc1ccccc1-c1cnc(Nc2ccccc2)c2c(=O)[nH]ccc12. The summed E-state index contributed by atoms with van der Waals surface area (Å²) in [5.74, 6) is 1.26. The smallest absolute Gasteiger partial charge is 0.259 e. The molecule has 5 nitrogen and oxygen atoms in total. The predicted octanol–water partition coefficient (Wildman–Crippen LogP) is 4.34. The second-order valence-corrected chi connectivity index (χ2v) is 5.81. The molecule has 0 aliphatic rings. The first kappa shape index (κ1) is 15.9. The van der Waals surface area contributed by atoms with Crippen LogP contribution in [0.1, 0.15) is 0 Å². The van der Waals surface area contributed by atoms with Gasteiger partial charge in [-0.15, -0.1) is 0 Å². The van der Waals surface area contributed by atoms with Gasteiger partial charge in [-0.2, -0.15) is 0 Å². The van der Waals surface area contributed by atoms with Gasteiger partial charge in [0.25, 0.3) is 5.56 Å². The minimum absolute atomic E-state index is 0.190. The van der Waals surface area contributed by atoms with Gasteiger partial charge in [0.15, 0.2) is 0 Å².